The van der Waals surface area contributed by atoms with Crippen molar-refractivity contribution in [3.8, 4) is 0 Å². The molecule has 0 radical (unpaired) electrons. The Morgan fingerprint density at radius 2 is 0.933 bits per heavy atom. The van der Waals surface area contributed by atoms with Gasteiger partial charge in [-0.3, -0.25) is 0 Å². The van der Waals surface area contributed by atoms with Crippen molar-refractivity contribution in [1.82, 2.24) is 0 Å². The van der Waals surface area contributed by atoms with E-state index in [0.29, 0.717) is 0 Å². The number of rotatable bonds is 15. The number of hydrogen-bond acceptors (Lipinski definition) is 1. The van der Waals surface area contributed by atoms with Gasteiger partial charge >= 0.3 is 159 Å². The molecule has 0 unspecified atom stereocenters. The first-order valence-corrected chi connectivity index (χ1v) is 10.1. The summed E-state index contributed by atoms with van der Waals surface area (Å²) in [6, 6.07) is 0. The van der Waals surface area contributed by atoms with Gasteiger partial charge in [-0.1, -0.05) is 12.2 Å². The van der Waals surface area contributed by atoms with Crippen LogP contribution in [-0.4, -0.2) is 11.7 Å². The van der Waals surface area contributed by atoms with Crippen LogP contribution in [0.3, 0.4) is 0 Å². The molecule has 0 aromatic carbocycles. The van der Waals surface area contributed by atoms with Crippen LogP contribution in [0.25, 0.3) is 0 Å². The maximum atomic E-state index is 7.50. The maximum absolute atomic E-state index is 7.50. The molecule has 30 heavy (non-hydrogen) atoms. The van der Waals surface area contributed by atoms with Gasteiger partial charge in [0, 0.05) is 0 Å². The van der Waals surface area contributed by atoms with Gasteiger partial charge in [-0.15, -0.1) is 0 Å². The number of ether oxygens (including phenoxy) is 1. The van der Waals surface area contributed by atoms with Crippen LogP contribution in [0.5, 0.6) is 0 Å². The van der Waals surface area contributed by atoms with Gasteiger partial charge < -0.3 is 0 Å². The second-order valence-electron chi connectivity index (χ2n) is 5.57. The molecule has 6 nitrogen and oxygen atoms in total. The van der Waals surface area contributed by atoms with E-state index in [9.17, 15) is 0 Å². The van der Waals surface area contributed by atoms with Crippen LogP contribution < -0.4 is 0 Å². The predicted octanol–water partition coefficient (Wildman–Crippen LogP) is 5.77. The molecule has 0 aliphatic heterocycles. The first-order valence-electron chi connectivity index (χ1n) is 9.51. The van der Waals surface area contributed by atoms with Crippen LogP contribution >= 0.6 is 0 Å². The molecule has 0 heterocycles. The van der Waals surface area contributed by atoms with Gasteiger partial charge in [0.15, 0.2) is 0 Å². The molecule has 0 amide bonds. The summed E-state index contributed by atoms with van der Waals surface area (Å²) in [6.45, 7) is 24.6. The van der Waals surface area contributed by atoms with Crippen molar-refractivity contribution < 1.29 is 43.8 Å². The third-order valence-corrected chi connectivity index (χ3v) is 4.29. The molecule has 0 bridgehead atoms. The summed E-state index contributed by atoms with van der Waals surface area (Å²) in [5, 5.41) is 0. The molecule has 0 fully saturated rings. The van der Waals surface area contributed by atoms with Crippen molar-refractivity contribution in [2.75, 3.05) is 7.11 Å². The Morgan fingerprint density at radius 1 is 0.633 bits per heavy atom. The number of methoxy groups -OCH3 is 1. The van der Waals surface area contributed by atoms with Crippen LogP contribution in [0.2, 0.25) is 0 Å². The Morgan fingerprint density at radius 3 is 1.23 bits per heavy atom. The van der Waals surface area contributed by atoms with Crippen LogP contribution in [0.15, 0.2) is 12.2 Å². The molecule has 7 heteroatoms. The van der Waals surface area contributed by atoms with Crippen molar-refractivity contribution in [3.05, 3.63) is 45.4 Å². The van der Waals surface area contributed by atoms with E-state index in [0.717, 1.165) is 11.0 Å². The second-order valence-corrected chi connectivity index (χ2v) is 6.28. The van der Waals surface area contributed by atoms with Crippen LogP contribution in [0.4, 0.5) is 0 Å². The summed E-state index contributed by atoms with van der Waals surface area (Å²) in [4.78, 5) is 0. The molecule has 0 atom stereocenters. The summed E-state index contributed by atoms with van der Waals surface area (Å²) >= 11 is 2.96. The first kappa shape index (κ1) is 42.8. The minimum absolute atomic E-state index is 1.06. The van der Waals surface area contributed by atoms with Crippen LogP contribution in [0.1, 0.15) is 90.4 Å². The molecule has 0 aliphatic carbocycles. The van der Waals surface area contributed by atoms with Gasteiger partial charge in [-0.25, -0.2) is 0 Å². The zero-order valence-electron chi connectivity index (χ0n) is 18.2. The van der Waals surface area contributed by atoms with Gasteiger partial charge in [0.1, 0.15) is 0 Å². The monoisotopic (exact) mass is 458 g/mol. The molecule has 168 valence electrons. The van der Waals surface area contributed by atoms with E-state index >= 15 is 0 Å². The average Bonchev–Trinajstić information content (AvgIpc) is 2.85. The Kier molecular flexibility index (Phi) is 89.9. The summed E-state index contributed by atoms with van der Waals surface area (Å²) in [5.74, 6) is 0. The fraction of sp³-hybridized carbons (Fsp3) is 0.652. The van der Waals surface area contributed by atoms with E-state index in [1.807, 2.05) is 0 Å². The summed E-state index contributed by atoms with van der Waals surface area (Å²) < 4.78 is 43.7. The van der Waals surface area contributed by atoms with Crippen molar-refractivity contribution in [2.24, 2.45) is 0 Å². The van der Waals surface area contributed by atoms with Gasteiger partial charge in [0.2, 0.25) is 0 Å². The average molecular weight is 459 g/mol. The van der Waals surface area contributed by atoms with Crippen molar-refractivity contribution >= 4 is 4.57 Å². The Hall–Kier alpha value is -1.20. The molecule has 0 aromatic rings. The fourth-order valence-corrected chi connectivity index (χ4v) is 2.62. The number of hydrogen-bond donors (Lipinski definition) is 0. The Balaban J connectivity index is -0.000000125. The van der Waals surface area contributed by atoms with Gasteiger partial charge in [0.25, 0.3) is 0 Å². The third kappa shape index (κ3) is 63.2. The van der Waals surface area contributed by atoms with E-state index < -0.39 is 0 Å². The summed E-state index contributed by atoms with van der Waals surface area (Å²) in [5.41, 5.74) is 0. The van der Waals surface area contributed by atoms with Gasteiger partial charge in [0.05, 0.1) is 0 Å². The Labute approximate surface area is 191 Å². The van der Waals surface area contributed by atoms with E-state index in [-0.39, 0.29) is 0 Å². The van der Waals surface area contributed by atoms with E-state index in [4.69, 9.17) is 28.0 Å². The zero-order valence-corrected chi connectivity index (χ0v) is 19.5. The zero-order chi connectivity index (χ0) is 24.9. The fourth-order valence-electron chi connectivity index (χ4n) is 2.39. The molecule has 0 N–H and O–H groups in total. The molecule has 0 aromatic heterocycles. The summed E-state index contributed by atoms with van der Waals surface area (Å²) in [6.07, 6.45) is 22.2. The minimum atomic E-state index is 1.06. The quantitative estimate of drug-likeness (QED) is 0.132. The van der Waals surface area contributed by atoms with E-state index in [1.165, 1.54) is 77.0 Å². The standard InChI is InChI=1S/C18H34O.5CO.Cr/c1-3-4-5-6-7-8-9-10-11-12-13-14-15-16-17-18-19-2;5*1-2;/h3-4H,5-17H2,1-2H3;;;;;;/b4-3+;;;;;;. The van der Waals surface area contributed by atoms with Crippen LogP contribution in [0, 0.1) is 33.3 Å². The van der Waals surface area contributed by atoms with Crippen molar-refractivity contribution in [2.45, 2.75) is 90.4 Å². The van der Waals surface area contributed by atoms with E-state index in [1.54, 1.807) is 7.11 Å². The second kappa shape index (κ2) is 63.0. The topological polar surface area (TPSA) is 109 Å². The SMILES string of the molecule is C/C=C/CCCCCCCCCCCCC[C](=[Cr])OC.[C-]#[O+].[C-]#[O+].[C-]#[O+].[C-]#[O+].[C-]#[O+]. The first-order chi connectivity index (χ1) is 14.8. The molecule has 0 rings (SSSR count). The third-order valence-electron chi connectivity index (χ3n) is 3.72. The molecule has 0 spiro atoms. The molecule has 0 saturated heterocycles. The van der Waals surface area contributed by atoms with Gasteiger partial charge in [-0.05, 0) is 19.8 Å². The van der Waals surface area contributed by atoms with Gasteiger partial charge in [-0.2, -0.15) is 0 Å². The molecule has 0 saturated carbocycles. The molecular formula is C23H34CrO6. The molecule has 0 aliphatic rings. The van der Waals surface area contributed by atoms with Crippen LogP contribution in [-0.2, 0) is 43.8 Å². The van der Waals surface area contributed by atoms with E-state index in [2.05, 4.69) is 68.2 Å². The summed E-state index contributed by atoms with van der Waals surface area (Å²) in [7, 11) is 1.74. The van der Waals surface area contributed by atoms with Crippen molar-refractivity contribution in [3.63, 3.8) is 0 Å². The Bertz CT molecular complexity index is 387. The normalized spacial score (nSPS) is 7.87. The number of allylic oxidation sites excluding steroid dienone is 2. The molecular weight excluding hydrogens is 424 g/mol. The number of unbranched alkanes of at least 4 members (excludes halogenated alkanes) is 11. The predicted molar refractivity (Wildman–Crippen MR) is 106 cm³/mol. The van der Waals surface area contributed by atoms with Crippen molar-refractivity contribution in [1.29, 1.82) is 0 Å².